The largest absolute Gasteiger partial charge is 0.465 e. The minimum Gasteiger partial charge on any atom is -0.465 e. The molecule has 2 fully saturated rings. The molecule has 0 aromatic heterocycles. The van der Waals surface area contributed by atoms with Crippen LogP contribution in [0.15, 0.2) is 18.2 Å². The first kappa shape index (κ1) is 18.1. The van der Waals surface area contributed by atoms with Gasteiger partial charge in [0.1, 0.15) is 6.04 Å². The molecule has 27 heavy (non-hydrogen) atoms. The van der Waals surface area contributed by atoms with Crippen molar-refractivity contribution in [1.82, 2.24) is 9.96 Å². The maximum absolute atomic E-state index is 12.4. The molecule has 3 heterocycles. The third-order valence-electron chi connectivity index (χ3n) is 6.58. The summed E-state index contributed by atoms with van der Waals surface area (Å²) in [6.45, 7) is 5.11. The zero-order valence-corrected chi connectivity index (χ0v) is 16.1. The number of nitrogens with zero attached hydrogens (tertiary/aromatic N) is 4. The second-order valence-electron chi connectivity index (χ2n) is 8.33. The smallest absolute Gasteiger partial charge is 0.412 e. The van der Waals surface area contributed by atoms with Crippen molar-refractivity contribution in [3.05, 3.63) is 23.8 Å². The van der Waals surface area contributed by atoms with Crippen LogP contribution in [-0.2, 0) is 10.2 Å². The molecule has 0 aliphatic carbocycles. The molecular formula is C19H26N4O4. The standard InChI is InChI=1S/C19H26N4O4/c1-11-10-22(27)16(24)15(11)23(18(25)26)12-5-6-14-13(9-12)19(2)7-8-20(3)17(19)21(14)4/h5-6,9,11,15,17,27H,7-8,10H2,1-4H3,(H,25,26)/t11-,15-,17?,19-/m0/s1. The van der Waals surface area contributed by atoms with Gasteiger partial charge >= 0.3 is 6.09 Å². The van der Waals surface area contributed by atoms with Crippen LogP contribution in [0.25, 0.3) is 0 Å². The Morgan fingerprint density at radius 3 is 2.63 bits per heavy atom. The number of likely N-dealkylation sites (tertiary alicyclic amines) is 1. The van der Waals surface area contributed by atoms with Gasteiger partial charge in [0.05, 0.1) is 12.7 Å². The molecule has 0 saturated carbocycles. The molecule has 0 radical (unpaired) electrons. The summed E-state index contributed by atoms with van der Waals surface area (Å²) in [7, 11) is 4.18. The van der Waals surface area contributed by atoms with Crippen LogP contribution in [0.3, 0.4) is 0 Å². The predicted octanol–water partition coefficient (Wildman–Crippen LogP) is 1.78. The van der Waals surface area contributed by atoms with Crippen molar-refractivity contribution < 1.29 is 19.9 Å². The molecule has 2 saturated heterocycles. The van der Waals surface area contributed by atoms with Gasteiger partial charge in [-0.2, -0.15) is 0 Å². The Morgan fingerprint density at radius 2 is 2.04 bits per heavy atom. The number of hydrogen-bond donors (Lipinski definition) is 2. The summed E-state index contributed by atoms with van der Waals surface area (Å²) in [5.41, 5.74) is 2.60. The van der Waals surface area contributed by atoms with Gasteiger partial charge in [-0.25, -0.2) is 9.86 Å². The van der Waals surface area contributed by atoms with E-state index in [9.17, 15) is 19.9 Å². The molecule has 2 amide bonds. The first-order valence-electron chi connectivity index (χ1n) is 9.27. The van der Waals surface area contributed by atoms with Crippen LogP contribution in [0.4, 0.5) is 16.2 Å². The molecule has 146 valence electrons. The van der Waals surface area contributed by atoms with E-state index in [2.05, 4.69) is 30.8 Å². The predicted molar refractivity (Wildman–Crippen MR) is 100 cm³/mol. The number of carboxylic acid groups (broad SMARTS) is 1. The average Bonchev–Trinajstić information content (AvgIpc) is 3.13. The molecule has 3 aliphatic rings. The quantitative estimate of drug-likeness (QED) is 0.768. The Balaban J connectivity index is 1.79. The van der Waals surface area contributed by atoms with E-state index >= 15 is 0 Å². The molecule has 1 unspecified atom stereocenters. The summed E-state index contributed by atoms with van der Waals surface area (Å²) >= 11 is 0. The zero-order chi connectivity index (χ0) is 19.7. The van der Waals surface area contributed by atoms with E-state index in [-0.39, 0.29) is 24.0 Å². The molecule has 1 aromatic rings. The third kappa shape index (κ3) is 2.36. The Hall–Kier alpha value is -2.32. The highest BCUT2D eigenvalue weighted by Crippen LogP contribution is 2.52. The van der Waals surface area contributed by atoms with Crippen LogP contribution >= 0.6 is 0 Å². The van der Waals surface area contributed by atoms with Gasteiger partial charge in [0.2, 0.25) is 0 Å². The molecule has 2 N–H and O–H groups in total. The van der Waals surface area contributed by atoms with Crippen molar-refractivity contribution in [1.29, 1.82) is 0 Å². The minimum absolute atomic E-state index is 0.0899. The Morgan fingerprint density at radius 1 is 1.33 bits per heavy atom. The lowest BCUT2D eigenvalue weighted by atomic mass is 9.81. The van der Waals surface area contributed by atoms with Crippen LogP contribution in [-0.4, -0.2) is 71.7 Å². The SMILES string of the molecule is C[C@H]1CN(O)C(=O)[C@H]1N(C(=O)O)c1ccc2c(c1)[C@]1(C)CCN(C)C1N2C. The number of amides is 2. The summed E-state index contributed by atoms with van der Waals surface area (Å²) < 4.78 is 0. The number of rotatable bonds is 2. The number of fused-ring (bicyclic) bond motifs is 3. The van der Waals surface area contributed by atoms with Gasteiger partial charge in [-0.15, -0.1) is 0 Å². The van der Waals surface area contributed by atoms with Crippen molar-refractivity contribution in [3.8, 4) is 0 Å². The highest BCUT2D eigenvalue weighted by Gasteiger charge is 2.52. The summed E-state index contributed by atoms with van der Waals surface area (Å²) in [4.78, 5) is 30.1. The first-order valence-corrected chi connectivity index (χ1v) is 9.27. The molecular weight excluding hydrogens is 348 g/mol. The fourth-order valence-electron chi connectivity index (χ4n) is 5.33. The van der Waals surface area contributed by atoms with Gasteiger partial charge in [-0.1, -0.05) is 13.8 Å². The number of carbonyl (C=O) groups is 2. The van der Waals surface area contributed by atoms with Gasteiger partial charge in [0.25, 0.3) is 5.91 Å². The Kier molecular flexibility index (Phi) is 3.91. The molecule has 4 rings (SSSR count). The highest BCUT2D eigenvalue weighted by atomic mass is 16.5. The van der Waals surface area contributed by atoms with Crippen LogP contribution in [0.2, 0.25) is 0 Å². The average molecular weight is 374 g/mol. The second kappa shape index (κ2) is 5.84. The number of carbonyl (C=O) groups excluding carboxylic acids is 1. The van der Waals surface area contributed by atoms with Crippen LogP contribution in [0, 0.1) is 5.92 Å². The van der Waals surface area contributed by atoms with E-state index in [1.807, 2.05) is 12.1 Å². The highest BCUT2D eigenvalue weighted by molar-refractivity contribution is 5.98. The van der Waals surface area contributed by atoms with Crippen molar-refractivity contribution in [2.24, 2.45) is 5.92 Å². The Labute approximate surface area is 158 Å². The van der Waals surface area contributed by atoms with E-state index in [0.717, 1.165) is 29.1 Å². The van der Waals surface area contributed by atoms with Gasteiger partial charge in [-0.3, -0.25) is 19.8 Å². The molecule has 4 atom stereocenters. The lowest BCUT2D eigenvalue weighted by molar-refractivity contribution is -0.158. The summed E-state index contributed by atoms with van der Waals surface area (Å²) in [5.74, 6) is -0.873. The van der Waals surface area contributed by atoms with Crippen molar-refractivity contribution in [3.63, 3.8) is 0 Å². The van der Waals surface area contributed by atoms with E-state index in [1.54, 1.807) is 13.0 Å². The third-order valence-corrected chi connectivity index (χ3v) is 6.58. The van der Waals surface area contributed by atoms with Crippen LogP contribution in [0.5, 0.6) is 0 Å². The summed E-state index contributed by atoms with van der Waals surface area (Å²) in [5, 5.41) is 20.2. The van der Waals surface area contributed by atoms with Gasteiger partial charge < -0.3 is 10.0 Å². The topological polar surface area (TPSA) is 87.6 Å². The summed E-state index contributed by atoms with van der Waals surface area (Å²) in [6.07, 6.45) is 0.0404. The number of likely N-dealkylation sites (N-methyl/N-ethyl adjacent to an activating group) is 2. The maximum Gasteiger partial charge on any atom is 0.412 e. The summed E-state index contributed by atoms with van der Waals surface area (Å²) in [6, 6.07) is 4.70. The fraction of sp³-hybridized carbons (Fsp3) is 0.579. The van der Waals surface area contributed by atoms with Gasteiger partial charge in [0, 0.05) is 36.3 Å². The second-order valence-corrected chi connectivity index (χ2v) is 8.33. The van der Waals surface area contributed by atoms with Gasteiger partial charge in [0.15, 0.2) is 0 Å². The lowest BCUT2D eigenvalue weighted by Gasteiger charge is -2.32. The van der Waals surface area contributed by atoms with E-state index in [1.165, 1.54) is 0 Å². The molecule has 0 spiro atoms. The maximum atomic E-state index is 12.4. The molecule has 8 nitrogen and oxygen atoms in total. The van der Waals surface area contributed by atoms with Crippen LogP contribution in [0.1, 0.15) is 25.8 Å². The van der Waals surface area contributed by atoms with E-state index in [0.29, 0.717) is 10.8 Å². The first-order chi connectivity index (χ1) is 12.7. The number of anilines is 2. The normalized spacial score (nSPS) is 32.8. The van der Waals surface area contributed by atoms with Crippen molar-refractivity contribution in [2.45, 2.75) is 37.9 Å². The molecule has 8 heteroatoms. The number of hydrogen-bond acceptors (Lipinski definition) is 5. The molecule has 3 aliphatic heterocycles. The molecule has 0 bridgehead atoms. The molecule has 1 aromatic carbocycles. The van der Waals surface area contributed by atoms with Crippen molar-refractivity contribution >= 4 is 23.4 Å². The van der Waals surface area contributed by atoms with E-state index in [4.69, 9.17) is 0 Å². The Bertz CT molecular complexity index is 815. The number of benzene rings is 1. The van der Waals surface area contributed by atoms with Crippen LogP contribution < -0.4 is 9.80 Å². The number of hydroxylamine groups is 2. The lowest BCUT2D eigenvalue weighted by Crippen LogP contribution is -2.47. The monoisotopic (exact) mass is 374 g/mol. The zero-order valence-electron chi connectivity index (χ0n) is 16.1. The fourth-order valence-corrected chi connectivity index (χ4v) is 5.33. The minimum atomic E-state index is -1.19. The van der Waals surface area contributed by atoms with Gasteiger partial charge in [-0.05, 0) is 37.2 Å². The van der Waals surface area contributed by atoms with Crippen molar-refractivity contribution in [2.75, 3.05) is 37.0 Å². The van der Waals surface area contributed by atoms with E-state index < -0.39 is 18.0 Å².